The lowest BCUT2D eigenvalue weighted by Gasteiger charge is -2.32. The van der Waals surface area contributed by atoms with Crippen LogP contribution in [0.3, 0.4) is 0 Å². The Bertz CT molecular complexity index is 1100. The molecule has 34 heavy (non-hydrogen) atoms. The van der Waals surface area contributed by atoms with E-state index in [0.717, 1.165) is 29.8 Å². The van der Waals surface area contributed by atoms with Gasteiger partial charge in [-0.05, 0) is 86.9 Å². The first kappa shape index (κ1) is 24.7. The van der Waals surface area contributed by atoms with Crippen LogP contribution in [0, 0.1) is 19.8 Å². The van der Waals surface area contributed by atoms with Crippen LogP contribution in [0.2, 0.25) is 0 Å². The second-order valence-electron chi connectivity index (χ2n) is 9.83. The number of anilines is 1. The van der Waals surface area contributed by atoms with Gasteiger partial charge < -0.3 is 9.80 Å². The average molecular weight is 484 g/mol. The van der Waals surface area contributed by atoms with Gasteiger partial charge in [0.15, 0.2) is 0 Å². The first-order valence-corrected chi connectivity index (χ1v) is 13.9. The molecule has 0 atom stereocenters. The maximum Gasteiger partial charge on any atom is 0.243 e. The molecule has 0 spiro atoms. The first-order chi connectivity index (χ1) is 16.3. The van der Waals surface area contributed by atoms with Crippen molar-refractivity contribution in [1.82, 2.24) is 9.21 Å². The molecule has 0 saturated carbocycles. The highest BCUT2D eigenvalue weighted by Gasteiger charge is 2.33. The topological polar surface area (TPSA) is 60.9 Å². The zero-order valence-corrected chi connectivity index (χ0v) is 21.5. The van der Waals surface area contributed by atoms with Crippen LogP contribution in [-0.4, -0.2) is 56.8 Å². The molecule has 2 aromatic rings. The molecule has 0 unspecified atom stereocenters. The molecule has 7 heteroatoms. The minimum Gasteiger partial charge on any atom is -0.372 e. The van der Waals surface area contributed by atoms with E-state index < -0.39 is 10.0 Å². The predicted molar refractivity (Wildman–Crippen MR) is 136 cm³/mol. The molecule has 184 valence electrons. The number of carbonyl (C=O) groups is 1. The summed E-state index contributed by atoms with van der Waals surface area (Å²) in [5, 5.41) is 0. The van der Waals surface area contributed by atoms with Crippen LogP contribution in [0.15, 0.2) is 47.4 Å². The second kappa shape index (κ2) is 10.5. The van der Waals surface area contributed by atoms with Gasteiger partial charge in [0.2, 0.25) is 15.9 Å². The number of amides is 1. The van der Waals surface area contributed by atoms with Crippen LogP contribution >= 0.6 is 0 Å². The predicted octanol–water partition coefficient (Wildman–Crippen LogP) is 4.35. The van der Waals surface area contributed by atoms with E-state index in [9.17, 15) is 13.2 Å². The van der Waals surface area contributed by atoms with E-state index in [0.29, 0.717) is 37.4 Å². The number of aryl methyl sites for hydroxylation is 2. The Morgan fingerprint density at radius 2 is 1.56 bits per heavy atom. The monoisotopic (exact) mass is 483 g/mol. The maximum absolute atomic E-state index is 13.1. The molecule has 1 amide bonds. The van der Waals surface area contributed by atoms with Crippen molar-refractivity contribution in [2.75, 3.05) is 38.1 Å². The quantitative estimate of drug-likeness (QED) is 0.613. The van der Waals surface area contributed by atoms with Crippen LogP contribution in [0.5, 0.6) is 0 Å². The minimum absolute atomic E-state index is 0.100. The van der Waals surface area contributed by atoms with E-state index >= 15 is 0 Å². The number of nitrogens with zero attached hydrogens (tertiary/aromatic N) is 3. The van der Waals surface area contributed by atoms with E-state index in [1.807, 2.05) is 27.0 Å². The van der Waals surface area contributed by atoms with Gasteiger partial charge in [0.05, 0.1) is 4.90 Å². The zero-order valence-electron chi connectivity index (χ0n) is 20.7. The third kappa shape index (κ3) is 5.47. The molecular weight excluding hydrogens is 446 g/mol. The summed E-state index contributed by atoms with van der Waals surface area (Å²) in [5.74, 6) is -0.0350. The Morgan fingerprint density at radius 1 is 0.912 bits per heavy atom. The Hall–Kier alpha value is -2.38. The van der Waals surface area contributed by atoms with Gasteiger partial charge in [0.25, 0.3) is 0 Å². The Balaban J connectivity index is 1.31. The molecule has 6 nitrogen and oxygen atoms in total. The molecule has 2 aromatic carbocycles. The molecule has 2 heterocycles. The molecule has 2 saturated heterocycles. The summed E-state index contributed by atoms with van der Waals surface area (Å²) in [5.41, 5.74) is 4.42. The molecule has 0 N–H and O–H groups in total. The van der Waals surface area contributed by atoms with E-state index in [1.54, 1.807) is 17.0 Å². The highest BCUT2D eigenvalue weighted by Crippen LogP contribution is 2.27. The summed E-state index contributed by atoms with van der Waals surface area (Å²) in [6, 6.07) is 13.8. The van der Waals surface area contributed by atoms with E-state index in [1.165, 1.54) is 29.3 Å². The third-order valence-electron chi connectivity index (χ3n) is 7.37. The van der Waals surface area contributed by atoms with Crippen molar-refractivity contribution >= 4 is 21.6 Å². The van der Waals surface area contributed by atoms with Crippen molar-refractivity contribution in [2.45, 2.75) is 57.4 Å². The van der Waals surface area contributed by atoms with E-state index in [2.05, 4.69) is 29.2 Å². The van der Waals surface area contributed by atoms with E-state index in [-0.39, 0.29) is 11.8 Å². The lowest BCUT2D eigenvalue weighted by Crippen LogP contribution is -2.43. The summed E-state index contributed by atoms with van der Waals surface area (Å²) >= 11 is 0. The Morgan fingerprint density at radius 3 is 2.18 bits per heavy atom. The maximum atomic E-state index is 13.1. The average Bonchev–Trinajstić information content (AvgIpc) is 2.86. The van der Waals surface area contributed by atoms with Gasteiger partial charge in [-0.2, -0.15) is 4.31 Å². The van der Waals surface area contributed by atoms with Crippen molar-refractivity contribution in [3.63, 3.8) is 0 Å². The number of benzene rings is 2. The number of hydrogen-bond donors (Lipinski definition) is 0. The van der Waals surface area contributed by atoms with Crippen LogP contribution in [0.1, 0.15) is 48.8 Å². The van der Waals surface area contributed by atoms with Gasteiger partial charge >= 0.3 is 0 Å². The lowest BCUT2D eigenvalue weighted by atomic mass is 9.96. The molecular formula is C27H37N3O3S. The summed E-state index contributed by atoms with van der Waals surface area (Å²) in [4.78, 5) is 17.6. The molecule has 2 aliphatic heterocycles. The minimum atomic E-state index is -3.53. The van der Waals surface area contributed by atoms with Crippen LogP contribution in [0.25, 0.3) is 0 Å². The van der Waals surface area contributed by atoms with Crippen LogP contribution in [-0.2, 0) is 21.4 Å². The molecule has 0 aromatic heterocycles. The van der Waals surface area contributed by atoms with Gasteiger partial charge in [-0.3, -0.25) is 4.79 Å². The van der Waals surface area contributed by atoms with Gasteiger partial charge in [-0.15, -0.1) is 0 Å². The summed E-state index contributed by atoms with van der Waals surface area (Å²) in [6.07, 6.45) is 4.94. The zero-order chi connectivity index (χ0) is 24.3. The molecule has 2 fully saturated rings. The third-order valence-corrected chi connectivity index (χ3v) is 9.27. The second-order valence-corrected chi connectivity index (χ2v) is 11.8. The largest absolute Gasteiger partial charge is 0.372 e. The Labute approximate surface area is 204 Å². The highest BCUT2D eigenvalue weighted by molar-refractivity contribution is 7.89. The molecule has 0 radical (unpaired) electrons. The van der Waals surface area contributed by atoms with E-state index in [4.69, 9.17) is 0 Å². The first-order valence-electron chi connectivity index (χ1n) is 12.4. The highest BCUT2D eigenvalue weighted by atomic mass is 32.2. The van der Waals surface area contributed by atoms with Gasteiger partial charge in [-0.1, -0.05) is 18.2 Å². The smallest absolute Gasteiger partial charge is 0.243 e. The van der Waals surface area contributed by atoms with Crippen LogP contribution in [0.4, 0.5) is 5.69 Å². The number of rotatable bonds is 6. The lowest BCUT2D eigenvalue weighted by molar-refractivity contribution is -0.135. The fourth-order valence-electron chi connectivity index (χ4n) is 4.99. The molecule has 2 aliphatic rings. The van der Waals surface area contributed by atoms with Crippen molar-refractivity contribution in [3.8, 4) is 0 Å². The number of carbonyl (C=O) groups excluding carboxylic acids is 1. The number of sulfonamides is 1. The van der Waals surface area contributed by atoms with Gasteiger partial charge in [0, 0.05) is 51.4 Å². The molecule has 4 rings (SSSR count). The van der Waals surface area contributed by atoms with Crippen molar-refractivity contribution in [1.29, 1.82) is 0 Å². The number of hydrogen-bond acceptors (Lipinski definition) is 4. The standard InChI is InChI=1S/C27H37N3O3S/c1-21-7-12-26(19-22(21)2)34(32,33)30-17-13-24(14-18-30)27(31)28(3)20-23-8-10-25(11-9-23)29-15-5-4-6-16-29/h7-12,19,24H,4-6,13-18,20H2,1-3H3. The Kier molecular flexibility index (Phi) is 7.63. The molecule has 0 bridgehead atoms. The summed E-state index contributed by atoms with van der Waals surface area (Å²) < 4.78 is 27.7. The van der Waals surface area contributed by atoms with Crippen molar-refractivity contribution in [2.24, 2.45) is 5.92 Å². The summed E-state index contributed by atoms with van der Waals surface area (Å²) in [7, 11) is -1.68. The van der Waals surface area contributed by atoms with Gasteiger partial charge in [0.1, 0.15) is 0 Å². The summed E-state index contributed by atoms with van der Waals surface area (Å²) in [6.45, 7) is 7.47. The molecule has 0 aliphatic carbocycles. The van der Waals surface area contributed by atoms with Gasteiger partial charge in [-0.25, -0.2) is 8.42 Å². The normalized spacial score (nSPS) is 18.1. The fourth-order valence-corrected chi connectivity index (χ4v) is 6.55. The van der Waals surface area contributed by atoms with Crippen LogP contribution < -0.4 is 4.90 Å². The number of piperidine rings is 2. The van der Waals surface area contributed by atoms with Crippen molar-refractivity contribution in [3.05, 3.63) is 59.2 Å². The fraction of sp³-hybridized carbons (Fsp3) is 0.519. The SMILES string of the molecule is Cc1ccc(S(=O)(=O)N2CCC(C(=O)N(C)Cc3ccc(N4CCCCC4)cc3)CC2)cc1C. The van der Waals surface area contributed by atoms with Crippen molar-refractivity contribution < 1.29 is 13.2 Å².